The van der Waals surface area contributed by atoms with Crippen molar-refractivity contribution in [2.24, 2.45) is 0 Å². The van der Waals surface area contributed by atoms with Gasteiger partial charge < -0.3 is 14.8 Å². The first-order valence-electron chi connectivity index (χ1n) is 10.4. The maximum absolute atomic E-state index is 14.5. The average Bonchev–Trinajstić information content (AvgIpc) is 3.21. The molecule has 0 bridgehead atoms. The Morgan fingerprint density at radius 1 is 1.03 bits per heavy atom. The molecule has 0 radical (unpaired) electrons. The highest BCUT2D eigenvalue weighted by Gasteiger charge is 2.33. The van der Waals surface area contributed by atoms with Gasteiger partial charge in [0.25, 0.3) is 0 Å². The molecule has 0 unspecified atom stereocenters. The van der Waals surface area contributed by atoms with Gasteiger partial charge in [-0.3, -0.25) is 0 Å². The summed E-state index contributed by atoms with van der Waals surface area (Å²) in [5, 5.41) is 2.78. The maximum atomic E-state index is 14.5. The molecule has 2 heterocycles. The number of amides is 2. The molecule has 2 amide bonds. The lowest BCUT2D eigenvalue weighted by Gasteiger charge is -2.31. The average molecular weight is 490 g/mol. The van der Waals surface area contributed by atoms with Gasteiger partial charge in [-0.15, -0.1) is 0 Å². The largest absolute Gasteiger partial charge is 0.323 e. The van der Waals surface area contributed by atoms with Gasteiger partial charge in [-0.05, 0) is 54.4 Å². The summed E-state index contributed by atoms with van der Waals surface area (Å²) in [6.45, 7) is 2.43. The second kappa shape index (κ2) is 8.28. The molecular formula is C26H21BrFN3O. The van der Waals surface area contributed by atoms with Crippen LogP contribution in [0.5, 0.6) is 0 Å². The maximum Gasteiger partial charge on any atom is 0.323 e. The quantitative estimate of drug-likeness (QED) is 0.329. The standard InChI is InChI=1S/C26H21BrFN3O/c1-17-8-10-18(11-9-17)25-24-7-4-14-30(24)23-6-3-2-5-19(23)16-31(25)26(32)29-22-13-12-20(27)15-21(22)28/h2-15,25H,16H2,1H3,(H,29,32)/t25-/m0/s1. The fourth-order valence-electron chi connectivity index (χ4n) is 4.22. The number of carbonyl (C=O) groups excluding carboxylic acids is 1. The highest BCUT2D eigenvalue weighted by atomic mass is 79.9. The molecule has 0 saturated carbocycles. The van der Waals surface area contributed by atoms with Gasteiger partial charge in [0.15, 0.2) is 0 Å². The van der Waals surface area contributed by atoms with Gasteiger partial charge in [0.1, 0.15) is 5.82 Å². The normalized spacial score (nSPS) is 15.0. The zero-order valence-electron chi connectivity index (χ0n) is 17.4. The predicted molar refractivity (Wildman–Crippen MR) is 127 cm³/mol. The fourth-order valence-corrected chi connectivity index (χ4v) is 4.55. The second-order valence-electron chi connectivity index (χ2n) is 7.93. The van der Waals surface area contributed by atoms with Crippen LogP contribution >= 0.6 is 15.9 Å². The van der Waals surface area contributed by atoms with Crippen LogP contribution in [-0.4, -0.2) is 15.5 Å². The first-order chi connectivity index (χ1) is 15.5. The van der Waals surface area contributed by atoms with E-state index in [0.29, 0.717) is 11.0 Å². The number of benzene rings is 3. The molecule has 3 aromatic carbocycles. The summed E-state index contributed by atoms with van der Waals surface area (Å²) in [6, 6.07) is 24.2. The molecular weight excluding hydrogens is 469 g/mol. The van der Waals surface area contributed by atoms with Crippen LogP contribution in [-0.2, 0) is 6.54 Å². The molecule has 32 heavy (non-hydrogen) atoms. The summed E-state index contributed by atoms with van der Waals surface area (Å²) in [5.41, 5.74) is 5.32. The van der Waals surface area contributed by atoms with Gasteiger partial charge in [-0.25, -0.2) is 9.18 Å². The molecule has 1 N–H and O–H groups in total. The number of halogens is 2. The van der Waals surface area contributed by atoms with Crippen LogP contribution in [0.1, 0.15) is 28.4 Å². The number of aryl methyl sites for hydroxylation is 1. The summed E-state index contributed by atoms with van der Waals surface area (Å²) < 4.78 is 17.2. The minimum atomic E-state index is -0.488. The lowest BCUT2D eigenvalue weighted by molar-refractivity contribution is 0.194. The van der Waals surface area contributed by atoms with E-state index < -0.39 is 5.82 Å². The van der Waals surface area contributed by atoms with Crippen LogP contribution in [0.3, 0.4) is 0 Å². The number of para-hydroxylation sites is 1. The molecule has 1 aliphatic rings. The van der Waals surface area contributed by atoms with Crippen molar-refractivity contribution in [3.8, 4) is 5.69 Å². The Kier molecular flexibility index (Phi) is 5.31. The number of urea groups is 1. The highest BCUT2D eigenvalue weighted by Crippen LogP contribution is 2.37. The Morgan fingerprint density at radius 2 is 1.81 bits per heavy atom. The van der Waals surface area contributed by atoms with Crippen molar-refractivity contribution in [3.63, 3.8) is 0 Å². The number of nitrogens with zero attached hydrogens (tertiary/aromatic N) is 2. The number of nitrogens with one attached hydrogen (secondary N) is 1. The number of rotatable bonds is 2. The number of hydrogen-bond acceptors (Lipinski definition) is 1. The van der Waals surface area contributed by atoms with Crippen LogP contribution in [0.25, 0.3) is 5.69 Å². The Balaban J connectivity index is 1.62. The fraction of sp³-hybridized carbons (Fsp3) is 0.115. The van der Waals surface area contributed by atoms with E-state index in [-0.39, 0.29) is 17.8 Å². The Morgan fingerprint density at radius 3 is 2.59 bits per heavy atom. The first kappa shape index (κ1) is 20.5. The zero-order chi connectivity index (χ0) is 22.2. The van der Waals surface area contributed by atoms with Crippen LogP contribution in [0, 0.1) is 12.7 Å². The van der Waals surface area contributed by atoms with Crippen LogP contribution in [0.2, 0.25) is 0 Å². The van der Waals surface area contributed by atoms with Gasteiger partial charge in [0.05, 0.1) is 24.0 Å². The van der Waals surface area contributed by atoms with Crippen molar-refractivity contribution in [3.05, 3.63) is 118 Å². The van der Waals surface area contributed by atoms with Crippen molar-refractivity contribution < 1.29 is 9.18 Å². The Labute approximate surface area is 194 Å². The number of aromatic nitrogens is 1. The summed E-state index contributed by atoms with van der Waals surface area (Å²) in [4.78, 5) is 15.3. The zero-order valence-corrected chi connectivity index (χ0v) is 19.0. The van der Waals surface area contributed by atoms with Crippen LogP contribution in [0.15, 0.2) is 89.5 Å². The van der Waals surface area contributed by atoms with E-state index in [0.717, 1.165) is 28.1 Å². The van der Waals surface area contributed by atoms with Crippen molar-refractivity contribution in [1.29, 1.82) is 0 Å². The van der Waals surface area contributed by atoms with E-state index in [1.54, 1.807) is 17.0 Å². The third-order valence-electron chi connectivity index (χ3n) is 5.79. The number of carbonyl (C=O) groups is 1. The molecule has 5 rings (SSSR count). The van der Waals surface area contributed by atoms with Crippen molar-refractivity contribution >= 4 is 27.6 Å². The SMILES string of the molecule is Cc1ccc([C@H]2c3cccn3-c3ccccc3CN2C(=O)Nc2ccc(Br)cc2F)cc1. The lowest BCUT2D eigenvalue weighted by atomic mass is 10.0. The minimum Gasteiger partial charge on any atom is -0.318 e. The topological polar surface area (TPSA) is 37.3 Å². The lowest BCUT2D eigenvalue weighted by Crippen LogP contribution is -2.38. The first-order valence-corrected chi connectivity index (χ1v) is 11.2. The van der Waals surface area contributed by atoms with Crippen molar-refractivity contribution in [2.75, 3.05) is 5.32 Å². The molecule has 4 nitrogen and oxygen atoms in total. The number of fused-ring (bicyclic) bond motifs is 3. The van der Waals surface area contributed by atoms with Crippen molar-refractivity contribution in [2.45, 2.75) is 19.5 Å². The van der Waals surface area contributed by atoms with E-state index >= 15 is 0 Å². The van der Waals surface area contributed by atoms with E-state index in [1.165, 1.54) is 6.07 Å². The van der Waals surface area contributed by atoms with E-state index in [4.69, 9.17) is 0 Å². The predicted octanol–water partition coefficient (Wildman–Crippen LogP) is 6.82. The molecule has 0 fully saturated rings. The summed E-state index contributed by atoms with van der Waals surface area (Å²) >= 11 is 3.26. The van der Waals surface area contributed by atoms with E-state index in [2.05, 4.69) is 31.9 Å². The van der Waals surface area contributed by atoms with Gasteiger partial charge in [-0.2, -0.15) is 0 Å². The smallest absolute Gasteiger partial charge is 0.318 e. The molecule has 4 aromatic rings. The summed E-state index contributed by atoms with van der Waals surface area (Å²) in [7, 11) is 0. The third-order valence-corrected chi connectivity index (χ3v) is 6.28. The Bertz CT molecular complexity index is 1300. The molecule has 1 aliphatic heterocycles. The molecule has 0 saturated heterocycles. The number of hydrogen-bond donors (Lipinski definition) is 1. The Hall–Kier alpha value is -3.38. The van der Waals surface area contributed by atoms with Gasteiger partial charge in [0, 0.05) is 16.4 Å². The van der Waals surface area contributed by atoms with Gasteiger partial charge >= 0.3 is 6.03 Å². The second-order valence-corrected chi connectivity index (χ2v) is 8.84. The van der Waals surface area contributed by atoms with Crippen molar-refractivity contribution in [1.82, 2.24) is 9.47 Å². The molecule has 160 valence electrons. The highest BCUT2D eigenvalue weighted by molar-refractivity contribution is 9.10. The van der Waals surface area contributed by atoms with Crippen LogP contribution < -0.4 is 5.32 Å². The summed E-state index contributed by atoms with van der Waals surface area (Å²) in [5.74, 6) is -0.488. The minimum absolute atomic E-state index is 0.147. The van der Waals surface area contributed by atoms with E-state index in [9.17, 15) is 9.18 Å². The monoisotopic (exact) mass is 489 g/mol. The third kappa shape index (κ3) is 3.71. The molecule has 6 heteroatoms. The van der Waals surface area contributed by atoms with Gasteiger partial charge in [0.2, 0.25) is 0 Å². The van der Waals surface area contributed by atoms with Crippen LogP contribution in [0.4, 0.5) is 14.9 Å². The molecule has 1 atom stereocenters. The molecule has 0 spiro atoms. The molecule has 1 aromatic heterocycles. The number of anilines is 1. The molecule has 0 aliphatic carbocycles. The summed E-state index contributed by atoms with van der Waals surface area (Å²) in [6.07, 6.45) is 2.02. The van der Waals surface area contributed by atoms with E-state index in [1.807, 2.05) is 67.7 Å². The van der Waals surface area contributed by atoms with Gasteiger partial charge in [-0.1, -0.05) is 64.0 Å².